The van der Waals surface area contributed by atoms with E-state index in [2.05, 4.69) is 5.32 Å². The molecule has 2 unspecified atom stereocenters. The lowest BCUT2D eigenvalue weighted by Crippen LogP contribution is -2.39. The quantitative estimate of drug-likeness (QED) is 0.742. The maximum Gasteiger partial charge on any atom is 0.0543 e. The van der Waals surface area contributed by atoms with Crippen LogP contribution in [0.2, 0.25) is 0 Å². The molecule has 1 aliphatic heterocycles. The van der Waals surface area contributed by atoms with E-state index in [0.717, 1.165) is 45.4 Å². The van der Waals surface area contributed by atoms with E-state index in [9.17, 15) is 5.11 Å². The molecule has 0 spiro atoms. The third-order valence-electron chi connectivity index (χ3n) is 3.67. The maximum absolute atomic E-state index is 9.57. The van der Waals surface area contributed by atoms with Gasteiger partial charge in [0.25, 0.3) is 0 Å². The second-order valence-corrected chi connectivity index (χ2v) is 4.98. The predicted molar refractivity (Wildman–Crippen MR) is 59.8 cm³/mol. The molecule has 3 heteroatoms. The number of aliphatic hydroxyl groups excluding tert-OH is 1. The highest BCUT2D eigenvalue weighted by molar-refractivity contribution is 4.77. The van der Waals surface area contributed by atoms with Gasteiger partial charge in [0, 0.05) is 19.3 Å². The summed E-state index contributed by atoms with van der Waals surface area (Å²) >= 11 is 0. The number of ether oxygens (including phenoxy) is 1. The van der Waals surface area contributed by atoms with Gasteiger partial charge >= 0.3 is 0 Å². The highest BCUT2D eigenvalue weighted by Gasteiger charge is 2.21. The Kier molecular flexibility index (Phi) is 4.42. The first-order valence-electron chi connectivity index (χ1n) is 6.34. The van der Waals surface area contributed by atoms with Gasteiger partial charge in [-0.1, -0.05) is 6.42 Å². The van der Waals surface area contributed by atoms with Crippen molar-refractivity contribution in [1.29, 1.82) is 0 Å². The SMILES string of the molecule is OC1CCCC(CNC2CCOCC2)C1. The molecule has 2 N–H and O–H groups in total. The molecule has 0 bridgehead atoms. The molecule has 0 aromatic carbocycles. The molecule has 0 aromatic heterocycles. The van der Waals surface area contributed by atoms with Crippen molar-refractivity contribution in [1.82, 2.24) is 5.32 Å². The molecule has 2 atom stereocenters. The highest BCUT2D eigenvalue weighted by atomic mass is 16.5. The van der Waals surface area contributed by atoms with Gasteiger partial charge in [-0.2, -0.15) is 0 Å². The highest BCUT2D eigenvalue weighted by Crippen LogP contribution is 2.23. The Bertz CT molecular complexity index is 180. The van der Waals surface area contributed by atoms with Crippen LogP contribution in [0.5, 0.6) is 0 Å². The fourth-order valence-corrected chi connectivity index (χ4v) is 2.68. The average molecular weight is 213 g/mol. The summed E-state index contributed by atoms with van der Waals surface area (Å²) in [6, 6.07) is 0.651. The average Bonchev–Trinajstić information content (AvgIpc) is 2.28. The lowest BCUT2D eigenvalue weighted by atomic mass is 9.87. The molecule has 1 aliphatic carbocycles. The third kappa shape index (κ3) is 3.74. The molecule has 0 radical (unpaired) electrons. The van der Waals surface area contributed by atoms with Gasteiger partial charge in [0.05, 0.1) is 6.10 Å². The maximum atomic E-state index is 9.57. The van der Waals surface area contributed by atoms with E-state index < -0.39 is 0 Å². The Labute approximate surface area is 92.2 Å². The van der Waals surface area contributed by atoms with E-state index in [4.69, 9.17) is 4.74 Å². The molecule has 88 valence electrons. The van der Waals surface area contributed by atoms with Crippen LogP contribution in [0.4, 0.5) is 0 Å². The van der Waals surface area contributed by atoms with E-state index in [0.29, 0.717) is 12.0 Å². The minimum atomic E-state index is -0.0414. The second kappa shape index (κ2) is 5.83. The first kappa shape index (κ1) is 11.4. The zero-order chi connectivity index (χ0) is 10.5. The monoisotopic (exact) mass is 213 g/mol. The minimum Gasteiger partial charge on any atom is -0.393 e. The van der Waals surface area contributed by atoms with Crippen molar-refractivity contribution >= 4 is 0 Å². The number of hydrogen-bond acceptors (Lipinski definition) is 3. The lowest BCUT2D eigenvalue weighted by molar-refractivity contribution is 0.0708. The van der Waals surface area contributed by atoms with Crippen molar-refractivity contribution in [2.45, 2.75) is 50.7 Å². The van der Waals surface area contributed by atoms with Crippen molar-refractivity contribution in [3.63, 3.8) is 0 Å². The van der Waals surface area contributed by atoms with Crippen molar-refractivity contribution in [3.8, 4) is 0 Å². The van der Waals surface area contributed by atoms with E-state index in [1.807, 2.05) is 0 Å². The lowest BCUT2D eigenvalue weighted by Gasteiger charge is -2.29. The number of aliphatic hydroxyl groups is 1. The van der Waals surface area contributed by atoms with E-state index in [1.165, 1.54) is 12.8 Å². The summed E-state index contributed by atoms with van der Waals surface area (Å²) in [5.74, 6) is 0.691. The molecule has 2 aliphatic rings. The molecule has 2 fully saturated rings. The largest absolute Gasteiger partial charge is 0.393 e. The van der Waals surface area contributed by atoms with Gasteiger partial charge in [-0.05, 0) is 44.6 Å². The topological polar surface area (TPSA) is 41.5 Å². The first-order valence-corrected chi connectivity index (χ1v) is 6.34. The van der Waals surface area contributed by atoms with Gasteiger partial charge in [-0.3, -0.25) is 0 Å². The minimum absolute atomic E-state index is 0.0414. The molecule has 0 amide bonds. The van der Waals surface area contributed by atoms with E-state index >= 15 is 0 Å². The van der Waals surface area contributed by atoms with Crippen molar-refractivity contribution in [3.05, 3.63) is 0 Å². The molecular weight excluding hydrogens is 190 g/mol. The van der Waals surface area contributed by atoms with Crippen LogP contribution in [0.1, 0.15) is 38.5 Å². The van der Waals surface area contributed by atoms with Crippen LogP contribution in [-0.2, 0) is 4.74 Å². The zero-order valence-electron chi connectivity index (χ0n) is 9.45. The van der Waals surface area contributed by atoms with Crippen LogP contribution in [0.25, 0.3) is 0 Å². The van der Waals surface area contributed by atoms with Crippen LogP contribution in [-0.4, -0.2) is 37.0 Å². The molecule has 1 heterocycles. The molecule has 15 heavy (non-hydrogen) atoms. The first-order chi connectivity index (χ1) is 7.34. The second-order valence-electron chi connectivity index (χ2n) is 4.98. The van der Waals surface area contributed by atoms with Crippen LogP contribution >= 0.6 is 0 Å². The van der Waals surface area contributed by atoms with Gasteiger partial charge in [0.2, 0.25) is 0 Å². The predicted octanol–water partition coefficient (Wildman–Crippen LogP) is 1.31. The third-order valence-corrected chi connectivity index (χ3v) is 3.67. The van der Waals surface area contributed by atoms with Crippen LogP contribution < -0.4 is 5.32 Å². The van der Waals surface area contributed by atoms with Crippen molar-refractivity contribution < 1.29 is 9.84 Å². The summed E-state index contributed by atoms with van der Waals surface area (Å²) < 4.78 is 5.33. The van der Waals surface area contributed by atoms with Crippen LogP contribution in [0, 0.1) is 5.92 Å². The number of nitrogens with one attached hydrogen (secondary N) is 1. The van der Waals surface area contributed by atoms with Gasteiger partial charge in [-0.15, -0.1) is 0 Å². The summed E-state index contributed by atoms with van der Waals surface area (Å²) in [6.07, 6.45) is 6.74. The summed E-state index contributed by atoms with van der Waals surface area (Å²) in [4.78, 5) is 0. The molecule has 2 rings (SSSR count). The van der Waals surface area contributed by atoms with Gasteiger partial charge in [0.1, 0.15) is 0 Å². The van der Waals surface area contributed by atoms with E-state index in [1.54, 1.807) is 0 Å². The smallest absolute Gasteiger partial charge is 0.0543 e. The summed E-state index contributed by atoms with van der Waals surface area (Å²) in [7, 11) is 0. The van der Waals surface area contributed by atoms with Crippen LogP contribution in [0.3, 0.4) is 0 Å². The molecule has 0 aromatic rings. The fraction of sp³-hybridized carbons (Fsp3) is 1.00. The van der Waals surface area contributed by atoms with Crippen molar-refractivity contribution in [2.24, 2.45) is 5.92 Å². The van der Waals surface area contributed by atoms with Gasteiger partial charge < -0.3 is 15.2 Å². The van der Waals surface area contributed by atoms with Crippen molar-refractivity contribution in [2.75, 3.05) is 19.8 Å². The normalized spacial score (nSPS) is 34.2. The zero-order valence-corrected chi connectivity index (χ0v) is 9.45. The van der Waals surface area contributed by atoms with E-state index in [-0.39, 0.29) is 6.10 Å². The summed E-state index contributed by atoms with van der Waals surface area (Å²) in [6.45, 7) is 2.90. The van der Waals surface area contributed by atoms with Crippen LogP contribution in [0.15, 0.2) is 0 Å². The Balaban J connectivity index is 1.63. The Morgan fingerprint density at radius 3 is 2.67 bits per heavy atom. The molecular formula is C12H23NO2. The molecule has 1 saturated carbocycles. The van der Waals surface area contributed by atoms with Gasteiger partial charge in [-0.25, -0.2) is 0 Å². The number of rotatable bonds is 3. The Hall–Kier alpha value is -0.120. The molecule has 3 nitrogen and oxygen atoms in total. The summed E-state index contributed by atoms with van der Waals surface area (Å²) in [5, 5.41) is 13.2. The Morgan fingerprint density at radius 2 is 1.93 bits per heavy atom. The standard InChI is InChI=1S/C12H23NO2/c14-12-3-1-2-10(8-12)9-13-11-4-6-15-7-5-11/h10-14H,1-9H2. The summed E-state index contributed by atoms with van der Waals surface area (Å²) in [5.41, 5.74) is 0. The number of hydrogen-bond donors (Lipinski definition) is 2. The Morgan fingerprint density at radius 1 is 1.13 bits per heavy atom. The fourth-order valence-electron chi connectivity index (χ4n) is 2.68. The van der Waals surface area contributed by atoms with Gasteiger partial charge in [0.15, 0.2) is 0 Å². The molecule has 1 saturated heterocycles.